The Hall–Kier alpha value is -3.30. The predicted octanol–water partition coefficient (Wildman–Crippen LogP) is 7.47. The molecule has 0 unspecified atom stereocenters. The fourth-order valence-corrected chi connectivity index (χ4v) is 8.97. The van der Waals surface area contributed by atoms with Crippen molar-refractivity contribution in [2.24, 2.45) is 0 Å². The quantitative estimate of drug-likeness (QED) is 0.137. The fraction of sp³-hybridized carbons (Fsp3) is 0.0270. The van der Waals surface area contributed by atoms with Crippen molar-refractivity contribution in [1.82, 2.24) is 0 Å². The molecule has 202 valence electrons. The van der Waals surface area contributed by atoms with Gasteiger partial charge >= 0.3 is 21.8 Å². The third kappa shape index (κ3) is 8.35. The van der Waals surface area contributed by atoms with Crippen molar-refractivity contribution in [3.8, 4) is 0 Å². The predicted molar refractivity (Wildman–Crippen MR) is 176 cm³/mol. The monoisotopic (exact) mass is 602 g/mol. The van der Waals surface area contributed by atoms with E-state index < -0.39 is 15.8 Å². The molecule has 0 atom stereocenters. The maximum atomic E-state index is 4.19. The van der Waals surface area contributed by atoms with E-state index in [9.17, 15) is 0 Å². The molecule has 0 heterocycles. The summed E-state index contributed by atoms with van der Waals surface area (Å²) in [7, 11) is -0.892. The van der Waals surface area contributed by atoms with Gasteiger partial charge < -0.3 is 0 Å². The molecule has 3 heteroatoms. The molecule has 6 aromatic rings. The van der Waals surface area contributed by atoms with E-state index in [4.69, 9.17) is 0 Å². The Labute approximate surface area is 250 Å². The zero-order chi connectivity index (χ0) is 27.8. The number of hydrogen-bond acceptors (Lipinski definition) is 0. The van der Waals surface area contributed by atoms with E-state index in [2.05, 4.69) is 198 Å². The second-order valence-electron chi connectivity index (χ2n) is 8.68. The van der Waals surface area contributed by atoms with Crippen molar-refractivity contribution in [3.63, 3.8) is 0 Å². The van der Waals surface area contributed by atoms with Crippen LogP contribution in [0.4, 0.5) is 0 Å². The Balaban J connectivity index is 0.000000174. The Bertz CT molecular complexity index is 1170. The normalized spacial score (nSPS) is 10.2. The first-order valence-electron chi connectivity index (χ1n) is 13.1. The van der Waals surface area contributed by atoms with Gasteiger partial charge in [0.2, 0.25) is 0 Å². The fourth-order valence-electron chi connectivity index (χ4n) is 4.36. The SMILES string of the molecule is [CH3][Cu].c1ccc(P(c2ccccc2)c2ccccc2)cc1.c1ccc(P(c2ccccc2)c2ccccc2)cc1. The van der Waals surface area contributed by atoms with Gasteiger partial charge in [-0.15, -0.1) is 0 Å². The van der Waals surface area contributed by atoms with Crippen molar-refractivity contribution in [1.29, 1.82) is 0 Å². The van der Waals surface area contributed by atoms with Gasteiger partial charge in [0.05, 0.1) is 0 Å². The molecule has 0 spiro atoms. The van der Waals surface area contributed by atoms with Crippen LogP contribution >= 0.6 is 15.8 Å². The zero-order valence-electron chi connectivity index (χ0n) is 22.5. The molecule has 0 aromatic heterocycles. The van der Waals surface area contributed by atoms with Crippen LogP contribution < -0.4 is 31.8 Å². The van der Waals surface area contributed by atoms with Crippen LogP contribution in [0.15, 0.2) is 182 Å². The molecule has 0 bridgehead atoms. The minimum Gasteiger partial charge on any atom is -0.0622 e. The average Bonchev–Trinajstić information content (AvgIpc) is 3.06. The number of benzene rings is 6. The smallest absolute Gasteiger partial charge is 0.0134 e. The van der Waals surface area contributed by atoms with E-state index in [1.807, 2.05) is 0 Å². The molecule has 40 heavy (non-hydrogen) atoms. The molecule has 0 saturated carbocycles. The molecule has 0 N–H and O–H groups in total. The summed E-state index contributed by atoms with van der Waals surface area (Å²) in [4.78, 5) is 0. The van der Waals surface area contributed by atoms with Gasteiger partial charge in [0.1, 0.15) is 0 Å². The summed E-state index contributed by atoms with van der Waals surface area (Å²) in [5, 5.41) is 8.39. The van der Waals surface area contributed by atoms with Gasteiger partial charge in [-0.2, -0.15) is 0 Å². The summed E-state index contributed by atoms with van der Waals surface area (Å²) in [5.74, 6) is 1.56. The van der Waals surface area contributed by atoms with Crippen LogP contribution in [0, 0.1) is 0 Å². The minimum absolute atomic E-state index is 0.446. The summed E-state index contributed by atoms with van der Waals surface area (Å²) < 4.78 is 0. The third-order valence-corrected chi connectivity index (χ3v) is 11.0. The van der Waals surface area contributed by atoms with Crippen molar-refractivity contribution in [3.05, 3.63) is 182 Å². The molecule has 0 aliphatic heterocycles. The van der Waals surface area contributed by atoms with Crippen LogP contribution in [-0.4, -0.2) is 0 Å². The van der Waals surface area contributed by atoms with Gasteiger partial charge in [-0.1, -0.05) is 182 Å². The Morgan fingerprint density at radius 1 is 0.250 bits per heavy atom. The van der Waals surface area contributed by atoms with Crippen LogP contribution in [0.3, 0.4) is 0 Å². The molecule has 0 aliphatic carbocycles. The topological polar surface area (TPSA) is 0 Å². The molecule has 0 radical (unpaired) electrons. The third-order valence-electron chi connectivity index (χ3n) is 6.09. The van der Waals surface area contributed by atoms with Crippen molar-refractivity contribution < 1.29 is 16.0 Å². The van der Waals surface area contributed by atoms with E-state index in [1.54, 1.807) is 5.82 Å². The average molecular weight is 603 g/mol. The first kappa shape index (κ1) is 29.7. The Morgan fingerprint density at radius 3 is 0.500 bits per heavy atom. The van der Waals surface area contributed by atoms with Crippen molar-refractivity contribution in [2.75, 3.05) is 0 Å². The minimum atomic E-state index is -0.446. The molecule has 0 amide bonds. The van der Waals surface area contributed by atoms with Crippen LogP contribution in [0.5, 0.6) is 0 Å². The van der Waals surface area contributed by atoms with Gasteiger partial charge in [-0.3, -0.25) is 0 Å². The van der Waals surface area contributed by atoms with Crippen LogP contribution in [0.25, 0.3) is 0 Å². The molecule has 6 aromatic carbocycles. The molecule has 0 nitrogen and oxygen atoms in total. The van der Waals surface area contributed by atoms with Gasteiger partial charge in [0, 0.05) is 0 Å². The largest absolute Gasteiger partial charge is 0.0622 e. The molecule has 0 saturated heterocycles. The number of rotatable bonds is 6. The van der Waals surface area contributed by atoms with E-state index in [0.717, 1.165) is 0 Å². The van der Waals surface area contributed by atoms with Crippen LogP contribution in [0.2, 0.25) is 5.82 Å². The standard InChI is InChI=1S/2C18H15P.CH3.Cu/c2*1-4-10-16(11-5-1)19(17-12-6-2-7-13-17)18-14-8-3-9-15-18;;/h2*1-15H;1H3;. The van der Waals surface area contributed by atoms with Crippen LogP contribution in [-0.2, 0) is 16.0 Å². The van der Waals surface area contributed by atoms with Gasteiger partial charge in [0.15, 0.2) is 0 Å². The van der Waals surface area contributed by atoms with Gasteiger partial charge in [-0.05, 0) is 47.7 Å². The molecule has 6 rings (SSSR count). The van der Waals surface area contributed by atoms with Crippen LogP contribution in [0.1, 0.15) is 0 Å². The van der Waals surface area contributed by atoms with Crippen molar-refractivity contribution >= 4 is 47.7 Å². The van der Waals surface area contributed by atoms with Gasteiger partial charge in [-0.25, -0.2) is 0 Å². The summed E-state index contributed by atoms with van der Waals surface area (Å²) >= 11 is 4.19. The second-order valence-corrected chi connectivity index (χ2v) is 13.1. The van der Waals surface area contributed by atoms with E-state index in [1.165, 1.54) is 31.8 Å². The van der Waals surface area contributed by atoms with Gasteiger partial charge in [0.25, 0.3) is 0 Å². The maximum absolute atomic E-state index is 4.19. The summed E-state index contributed by atoms with van der Waals surface area (Å²) in [6.45, 7) is 0. The second kappa shape index (κ2) is 16.7. The molecular formula is C37H33CuP2. The van der Waals surface area contributed by atoms with E-state index >= 15 is 0 Å². The Kier molecular flexibility index (Phi) is 12.4. The van der Waals surface area contributed by atoms with E-state index in [0.29, 0.717) is 0 Å². The Morgan fingerprint density at radius 2 is 0.375 bits per heavy atom. The number of hydrogen-bond donors (Lipinski definition) is 0. The summed E-state index contributed by atoms with van der Waals surface area (Å²) in [6, 6.07) is 64.7. The zero-order valence-corrected chi connectivity index (χ0v) is 25.2. The summed E-state index contributed by atoms with van der Waals surface area (Å²) in [5.41, 5.74) is 0. The molecule has 0 aliphatic rings. The summed E-state index contributed by atoms with van der Waals surface area (Å²) in [6.07, 6.45) is 0. The van der Waals surface area contributed by atoms with E-state index in [-0.39, 0.29) is 0 Å². The molecular weight excluding hydrogens is 570 g/mol. The van der Waals surface area contributed by atoms with Crippen molar-refractivity contribution in [2.45, 2.75) is 5.82 Å². The first-order chi connectivity index (χ1) is 19.9. The molecule has 0 fully saturated rings. The first-order valence-corrected chi connectivity index (χ1v) is 16.7. The maximum Gasteiger partial charge on any atom is -0.0134 e.